The van der Waals surface area contributed by atoms with E-state index in [9.17, 15) is 52.2 Å². The summed E-state index contributed by atoms with van der Waals surface area (Å²) in [4.78, 5) is 131. The number of amides is 3. The number of alkyl halides is 8. The maximum Gasteiger partial charge on any atom is 0.524 e. The van der Waals surface area contributed by atoms with Gasteiger partial charge < -0.3 is 44.1 Å². The van der Waals surface area contributed by atoms with Crippen molar-refractivity contribution in [3.8, 4) is 28.8 Å². The van der Waals surface area contributed by atoms with Gasteiger partial charge in [0.2, 0.25) is 17.8 Å². The summed E-state index contributed by atoms with van der Waals surface area (Å²) in [6.45, 7) is 3.35. The third-order valence-electron chi connectivity index (χ3n) is 20.6. The van der Waals surface area contributed by atoms with Crippen LogP contribution in [0.1, 0.15) is 132 Å². The fraction of sp³-hybridized carbons (Fsp3) is 0.534. The highest BCUT2D eigenvalue weighted by molar-refractivity contribution is 7.46. The van der Waals surface area contributed by atoms with E-state index in [1.165, 1.54) is 51.1 Å². The van der Waals surface area contributed by atoms with Gasteiger partial charge in [-0.1, -0.05) is 57.7 Å². The Hall–Kier alpha value is -9.27. The molecule has 2 aromatic heterocycles. The second kappa shape index (κ2) is 34.1. The number of carboxylic acid groups (broad SMARTS) is 1. The molecular formula is C73H85F10N10O16P. The lowest BCUT2D eigenvalue weighted by molar-refractivity contribution is -0.231. The van der Waals surface area contributed by atoms with Gasteiger partial charge in [0.15, 0.2) is 5.78 Å². The number of nitrogens with zero attached hydrogens (tertiary/aromatic N) is 7. The Bertz CT molecular complexity index is 4290. The van der Waals surface area contributed by atoms with Crippen molar-refractivity contribution in [3.63, 3.8) is 0 Å². The van der Waals surface area contributed by atoms with Gasteiger partial charge in [-0.3, -0.25) is 48.9 Å². The van der Waals surface area contributed by atoms with E-state index in [1.54, 1.807) is 12.4 Å². The van der Waals surface area contributed by atoms with E-state index in [0.717, 1.165) is 45.4 Å². The predicted molar refractivity (Wildman–Crippen MR) is 371 cm³/mol. The smallest absolute Gasteiger partial charge is 0.481 e. The Morgan fingerprint density at radius 2 is 1.40 bits per heavy atom. The van der Waals surface area contributed by atoms with Gasteiger partial charge >= 0.3 is 50.7 Å². The first-order chi connectivity index (χ1) is 51.3. The average Bonchev–Trinajstić information content (AvgIpc) is 1.30. The van der Waals surface area contributed by atoms with Crippen LogP contribution in [0.3, 0.4) is 0 Å². The first-order valence-electron chi connectivity index (χ1n) is 34.9. The number of aryl methyl sites for hydroxylation is 1. The first kappa shape index (κ1) is 84.7. The molecule has 1 saturated carbocycles. The summed E-state index contributed by atoms with van der Waals surface area (Å²) < 4.78 is 192. The van der Waals surface area contributed by atoms with Crippen LogP contribution in [-0.4, -0.2) is 182 Å². The summed E-state index contributed by atoms with van der Waals surface area (Å²) in [5.74, 6) is -10.00. The number of halogens is 10. The van der Waals surface area contributed by atoms with Crippen LogP contribution < -0.4 is 25.5 Å². The van der Waals surface area contributed by atoms with Gasteiger partial charge in [0.25, 0.3) is 0 Å². The number of Topliss-reactive ketones (excluding diaryl/α,β-unsaturated/α-hetero) is 1. The van der Waals surface area contributed by atoms with Crippen LogP contribution in [0.5, 0.6) is 5.75 Å². The number of hydrogen-bond donors (Lipinski definition) is 6. The van der Waals surface area contributed by atoms with Crippen LogP contribution in [0.15, 0.2) is 73.2 Å². The molecule has 9 rings (SSSR count). The third kappa shape index (κ3) is 20.6. The number of aliphatic carboxylic acids is 1. The lowest BCUT2D eigenvalue weighted by Crippen LogP contribution is -2.62. The molecule has 2 bridgehead atoms. The Balaban J connectivity index is 1.16. The van der Waals surface area contributed by atoms with Gasteiger partial charge in [-0.25, -0.2) is 37.8 Å². The molecule has 0 spiro atoms. The number of fused-ring (bicyclic) bond motifs is 2. The molecule has 3 amide bonds. The van der Waals surface area contributed by atoms with E-state index >= 15 is 44.7 Å². The number of nitrogens with one attached hydrogen (secondary N) is 3. The van der Waals surface area contributed by atoms with Crippen LogP contribution >= 0.6 is 7.82 Å². The van der Waals surface area contributed by atoms with Gasteiger partial charge in [0.1, 0.15) is 29.5 Å². The highest BCUT2D eigenvalue weighted by Gasteiger charge is 2.58. The molecule has 5 aromatic rings. The van der Waals surface area contributed by atoms with Crippen molar-refractivity contribution in [2.75, 3.05) is 52.0 Å². The fourth-order valence-electron chi connectivity index (χ4n) is 14.2. The number of rotatable bonds is 31. The number of carbonyl (C=O) groups is 7. The van der Waals surface area contributed by atoms with E-state index in [0.29, 0.717) is 106 Å². The third-order valence-corrected chi connectivity index (χ3v) is 21.0. The van der Waals surface area contributed by atoms with Crippen LogP contribution in [-0.2, 0) is 77.1 Å². The number of ether oxygens (including phenoxy) is 4. The van der Waals surface area contributed by atoms with Crippen molar-refractivity contribution in [2.45, 2.75) is 173 Å². The van der Waals surface area contributed by atoms with Crippen LogP contribution in [0.25, 0.3) is 11.3 Å². The van der Waals surface area contributed by atoms with Crippen LogP contribution in [0, 0.1) is 59.0 Å². The molecule has 3 aromatic carbocycles. The molecule has 3 aliphatic heterocycles. The standard InChI is InChI=1S/C73H85F10N10O16P/c1-39-20-45(28-59(95)86-47-23-46(24-47)65(99)100)62(57(21-39)109-110(102,103)104)69(2,3)30-61(97)108-58(36-91(89-64(98)52(29-60(96)105-8)70(4,5)72(78,79)80)35-51-53(74)25-43(26-54(51)75)55-18-19-92(88-55)66(76)77)44(27-56(94)63(87-68(101)106-9)71(6,7)73(81,82)83)22-41-13-10-40(11-14-41)12-15-42-31-84-67(85-32-42)90-33-48-16-17-49(34-90)93(48)50-37-107-38-50/h10-11,13-14,18-21,25-26,31-32,44,46-50,52,58,63,66H,16-17,22-24,27-30,33-38H2,1-9H3,(H,86,95)(H,87,101)(H,89,98)(H,99,100)(H2,102,103,104)/t44-,46?,47?,48?,49?,52-,58+,63-/m1/s1. The van der Waals surface area contributed by atoms with Crippen LogP contribution in [0.2, 0.25) is 0 Å². The number of anilines is 1. The van der Waals surface area contributed by atoms with Crippen molar-refractivity contribution >= 4 is 55.4 Å². The molecule has 1 aliphatic carbocycles. The van der Waals surface area contributed by atoms with E-state index in [4.69, 9.17) is 14.0 Å². The summed E-state index contributed by atoms with van der Waals surface area (Å²) >= 11 is 0. The molecule has 6 N–H and O–H groups in total. The molecule has 5 heterocycles. The van der Waals surface area contributed by atoms with Crippen molar-refractivity contribution in [1.29, 1.82) is 0 Å². The summed E-state index contributed by atoms with van der Waals surface area (Å²) in [5, 5.41) is 18.3. The zero-order valence-electron chi connectivity index (χ0n) is 61.3. The molecule has 0 radical (unpaired) electrons. The molecule has 37 heteroatoms. The minimum atomic E-state index is -5.55. The second-order valence-electron chi connectivity index (χ2n) is 29.8. The maximum absolute atomic E-state index is 16.9. The lowest BCUT2D eigenvalue weighted by Gasteiger charge is -2.47. The van der Waals surface area contributed by atoms with Gasteiger partial charge in [-0.15, -0.1) is 0 Å². The van der Waals surface area contributed by atoms with Gasteiger partial charge in [-0.05, 0) is 106 Å². The highest BCUT2D eigenvalue weighted by Crippen LogP contribution is 2.48. The van der Waals surface area contributed by atoms with Gasteiger partial charge in [0.05, 0.1) is 93.2 Å². The molecule has 2 unspecified atom stereocenters. The number of phosphoric acid groups is 1. The summed E-state index contributed by atoms with van der Waals surface area (Å²) in [6, 6.07) is 8.45. The number of carbonyl (C=O) groups excluding carboxylic acids is 6. The molecule has 110 heavy (non-hydrogen) atoms. The normalized spacial score (nSPS) is 18.9. The number of methoxy groups -OCH3 is 2. The highest BCUT2D eigenvalue weighted by atomic mass is 31.2. The Morgan fingerprint density at radius 3 is 1.94 bits per heavy atom. The number of ketones is 1. The Labute approximate surface area is 625 Å². The number of carboxylic acids is 1. The minimum Gasteiger partial charge on any atom is -0.481 e. The number of esters is 2. The fourth-order valence-corrected chi connectivity index (χ4v) is 14.6. The number of piperazine rings is 1. The van der Waals surface area contributed by atoms with Crippen LogP contribution in [0.4, 0.5) is 54.6 Å². The molecular weight excluding hydrogens is 1490 g/mol. The minimum absolute atomic E-state index is 0.0187. The lowest BCUT2D eigenvalue weighted by atomic mass is 9.75. The van der Waals surface area contributed by atoms with E-state index in [1.807, 2.05) is 5.32 Å². The predicted octanol–water partition coefficient (Wildman–Crippen LogP) is 9.78. The Morgan fingerprint density at radius 1 is 0.791 bits per heavy atom. The quantitative estimate of drug-likeness (QED) is 0.00600. The number of phosphoric ester groups is 1. The second-order valence-corrected chi connectivity index (χ2v) is 30.9. The molecule has 6 atom stereocenters. The van der Waals surface area contributed by atoms with Gasteiger partial charge in [0, 0.05) is 96.4 Å². The van der Waals surface area contributed by atoms with Crippen molar-refractivity contribution in [2.24, 2.45) is 28.6 Å². The summed E-state index contributed by atoms with van der Waals surface area (Å²) in [6.07, 6.45) is -13.0. The van der Waals surface area contributed by atoms with E-state index < -0.39 is 200 Å². The molecule has 3 saturated heterocycles. The zero-order chi connectivity index (χ0) is 80.9. The number of benzene rings is 3. The average molecular weight is 1580 g/mol. The summed E-state index contributed by atoms with van der Waals surface area (Å²) in [5.41, 5.74) is -7.04. The molecule has 4 fully saturated rings. The SMILES string of the molecule is COC(=O)C[C@H](C(=O)NN(Cc1c(F)cc(-c2ccn(C(F)F)n2)cc1F)C[C@H](OC(=O)CC(C)(C)c1c(CC(=O)NC2CC(C(=O)O)C2)cc(C)cc1OP(=O)(O)O)[C@@H](CC(=O)[C@@H](NC(=O)OC)C(C)(C)C(F)(F)F)Cc1ccc(C#Cc2cnc(N3CC4CCC(C3)N4C3COC3)nc2)cc1)C(C)(C)C(F)(F)F. The zero-order valence-corrected chi connectivity index (χ0v) is 62.2. The molecule has 26 nitrogen and oxygen atoms in total. The summed E-state index contributed by atoms with van der Waals surface area (Å²) in [7, 11) is -3.97. The van der Waals surface area contributed by atoms with Crippen molar-refractivity contribution < 1.29 is 120 Å². The van der Waals surface area contributed by atoms with Gasteiger partial charge in [-0.2, -0.15) is 40.2 Å². The maximum atomic E-state index is 16.9. The van der Waals surface area contributed by atoms with Crippen molar-refractivity contribution in [3.05, 3.63) is 124 Å². The number of alkyl carbamates (subject to hydrolysis) is 1. The van der Waals surface area contributed by atoms with E-state index in [2.05, 4.69) is 56.9 Å². The number of hydrogen-bond acceptors (Lipinski definition) is 19. The van der Waals surface area contributed by atoms with E-state index in [-0.39, 0.29) is 39.8 Å². The molecule has 4 aliphatic rings. The number of hydrazine groups is 1. The topological polar surface area (TPSA) is 333 Å². The largest absolute Gasteiger partial charge is 0.524 e. The molecule has 598 valence electrons. The Kier molecular flexibility index (Phi) is 26.3. The monoisotopic (exact) mass is 1580 g/mol. The number of aromatic nitrogens is 4. The van der Waals surface area contributed by atoms with Crippen molar-refractivity contribution in [1.82, 2.24) is 45.7 Å². The first-order valence-corrected chi connectivity index (χ1v) is 36.5.